The van der Waals surface area contributed by atoms with E-state index in [0.29, 0.717) is 12.8 Å². The third-order valence-electron chi connectivity index (χ3n) is 2.73. The van der Waals surface area contributed by atoms with Gasteiger partial charge in [0.1, 0.15) is 0 Å². The fraction of sp³-hybridized carbons (Fsp3) is 1.00. The number of nitrogens with zero attached hydrogens (tertiary/aromatic N) is 1. The highest BCUT2D eigenvalue weighted by Crippen LogP contribution is 2.26. The van der Waals surface area contributed by atoms with Crippen molar-refractivity contribution in [3.8, 4) is 0 Å². The Morgan fingerprint density at radius 2 is 2.00 bits per heavy atom. The van der Waals surface area contributed by atoms with Crippen LogP contribution in [-0.2, 0) is 0 Å². The standard InChI is InChI=1S/C9H17F3N2O/c10-9(11,12)6-14(3-4-15)8-2-1-7(13)5-8/h7-8,15H,1-6,13H2. The maximum absolute atomic E-state index is 12.2. The fourth-order valence-corrected chi connectivity index (χ4v) is 2.07. The van der Waals surface area contributed by atoms with Crippen LogP contribution in [0.5, 0.6) is 0 Å². The largest absolute Gasteiger partial charge is 0.401 e. The minimum Gasteiger partial charge on any atom is -0.395 e. The second-order valence-corrected chi connectivity index (χ2v) is 4.04. The number of hydrogen-bond acceptors (Lipinski definition) is 3. The number of hydrogen-bond donors (Lipinski definition) is 2. The number of aliphatic hydroxyl groups excluding tert-OH is 1. The third kappa shape index (κ3) is 4.36. The lowest BCUT2D eigenvalue weighted by Gasteiger charge is -2.28. The Hall–Kier alpha value is -0.330. The summed E-state index contributed by atoms with van der Waals surface area (Å²) in [6.45, 7) is -1.14. The number of nitrogens with two attached hydrogens (primary N) is 1. The summed E-state index contributed by atoms with van der Waals surface area (Å²) in [6, 6.07) is -0.127. The van der Waals surface area contributed by atoms with Crippen molar-refractivity contribution in [2.24, 2.45) is 5.73 Å². The van der Waals surface area contributed by atoms with Crippen molar-refractivity contribution in [2.45, 2.75) is 37.5 Å². The van der Waals surface area contributed by atoms with Crippen LogP contribution in [0.4, 0.5) is 13.2 Å². The average molecular weight is 226 g/mol. The normalized spacial score (nSPS) is 27.6. The van der Waals surface area contributed by atoms with Crippen molar-refractivity contribution < 1.29 is 18.3 Å². The van der Waals surface area contributed by atoms with Gasteiger partial charge in [-0.05, 0) is 19.3 Å². The molecule has 0 heterocycles. The van der Waals surface area contributed by atoms with Crippen LogP contribution in [0, 0.1) is 0 Å². The van der Waals surface area contributed by atoms with E-state index in [-0.39, 0.29) is 25.2 Å². The molecule has 6 heteroatoms. The van der Waals surface area contributed by atoms with Gasteiger partial charge >= 0.3 is 6.18 Å². The molecule has 0 spiro atoms. The summed E-state index contributed by atoms with van der Waals surface area (Å²) >= 11 is 0. The summed E-state index contributed by atoms with van der Waals surface area (Å²) in [6.07, 6.45) is -2.15. The zero-order chi connectivity index (χ0) is 11.5. The van der Waals surface area contributed by atoms with Gasteiger partial charge in [0.2, 0.25) is 0 Å². The molecule has 1 saturated carbocycles. The van der Waals surface area contributed by atoms with Gasteiger partial charge in [-0.15, -0.1) is 0 Å². The molecule has 2 atom stereocenters. The van der Waals surface area contributed by atoms with E-state index in [1.165, 1.54) is 4.90 Å². The lowest BCUT2D eigenvalue weighted by molar-refractivity contribution is -0.151. The Balaban J connectivity index is 2.50. The molecule has 15 heavy (non-hydrogen) atoms. The van der Waals surface area contributed by atoms with E-state index in [2.05, 4.69) is 0 Å². The van der Waals surface area contributed by atoms with Crippen LogP contribution >= 0.6 is 0 Å². The molecule has 0 aliphatic heterocycles. The summed E-state index contributed by atoms with van der Waals surface area (Å²) in [4.78, 5) is 1.28. The SMILES string of the molecule is NC1CCC(N(CCO)CC(F)(F)F)C1. The maximum atomic E-state index is 12.2. The number of halogens is 3. The van der Waals surface area contributed by atoms with Crippen molar-refractivity contribution in [1.82, 2.24) is 4.90 Å². The van der Waals surface area contributed by atoms with E-state index in [0.717, 1.165) is 6.42 Å². The van der Waals surface area contributed by atoms with Crippen molar-refractivity contribution in [2.75, 3.05) is 19.7 Å². The summed E-state index contributed by atoms with van der Waals surface area (Å²) in [5, 5.41) is 8.72. The molecule has 0 aromatic carbocycles. The Morgan fingerprint density at radius 1 is 1.33 bits per heavy atom. The van der Waals surface area contributed by atoms with E-state index < -0.39 is 12.7 Å². The predicted molar refractivity (Wildman–Crippen MR) is 50.3 cm³/mol. The summed E-state index contributed by atoms with van der Waals surface area (Å²) in [5.74, 6) is 0. The number of rotatable bonds is 4. The Kier molecular flexibility index (Phi) is 4.36. The van der Waals surface area contributed by atoms with Crippen LogP contribution in [0.3, 0.4) is 0 Å². The number of aliphatic hydroxyl groups is 1. The van der Waals surface area contributed by atoms with Crippen LogP contribution in [0.25, 0.3) is 0 Å². The van der Waals surface area contributed by atoms with Gasteiger partial charge in [-0.1, -0.05) is 0 Å². The molecular formula is C9H17F3N2O. The molecule has 0 bridgehead atoms. The first-order valence-electron chi connectivity index (χ1n) is 5.09. The molecule has 0 saturated heterocycles. The Labute approximate surface area is 87.0 Å². The van der Waals surface area contributed by atoms with Gasteiger partial charge in [-0.25, -0.2) is 0 Å². The smallest absolute Gasteiger partial charge is 0.395 e. The Morgan fingerprint density at radius 3 is 2.40 bits per heavy atom. The summed E-state index contributed by atoms with van der Waals surface area (Å²) in [7, 11) is 0. The van der Waals surface area contributed by atoms with E-state index in [1.54, 1.807) is 0 Å². The molecule has 1 aliphatic rings. The topological polar surface area (TPSA) is 49.5 Å². The second-order valence-electron chi connectivity index (χ2n) is 4.04. The van der Waals surface area contributed by atoms with Crippen LogP contribution in [-0.4, -0.2) is 48.0 Å². The van der Waals surface area contributed by atoms with Crippen LogP contribution in [0.15, 0.2) is 0 Å². The fourth-order valence-electron chi connectivity index (χ4n) is 2.07. The van der Waals surface area contributed by atoms with Crippen molar-refractivity contribution >= 4 is 0 Å². The second kappa shape index (κ2) is 5.14. The Bertz CT molecular complexity index is 198. The average Bonchev–Trinajstić information content (AvgIpc) is 2.48. The quantitative estimate of drug-likeness (QED) is 0.742. The molecule has 0 aromatic rings. The van der Waals surface area contributed by atoms with Gasteiger partial charge in [0.25, 0.3) is 0 Å². The first-order chi connectivity index (χ1) is 6.92. The molecule has 0 radical (unpaired) electrons. The summed E-state index contributed by atoms with van der Waals surface area (Å²) in [5.41, 5.74) is 5.65. The molecule has 1 fully saturated rings. The zero-order valence-electron chi connectivity index (χ0n) is 8.50. The number of alkyl halides is 3. The van der Waals surface area contributed by atoms with E-state index >= 15 is 0 Å². The van der Waals surface area contributed by atoms with Gasteiger partial charge in [-0.3, -0.25) is 4.90 Å². The van der Waals surface area contributed by atoms with E-state index in [9.17, 15) is 13.2 Å². The van der Waals surface area contributed by atoms with Crippen LogP contribution in [0.1, 0.15) is 19.3 Å². The maximum Gasteiger partial charge on any atom is 0.401 e. The van der Waals surface area contributed by atoms with Crippen molar-refractivity contribution in [3.05, 3.63) is 0 Å². The monoisotopic (exact) mass is 226 g/mol. The van der Waals surface area contributed by atoms with Crippen LogP contribution < -0.4 is 5.73 Å². The first kappa shape index (κ1) is 12.7. The molecule has 1 aliphatic carbocycles. The lowest BCUT2D eigenvalue weighted by atomic mass is 10.2. The first-order valence-corrected chi connectivity index (χ1v) is 5.09. The van der Waals surface area contributed by atoms with Gasteiger partial charge in [-0.2, -0.15) is 13.2 Å². The molecular weight excluding hydrogens is 209 g/mol. The minimum atomic E-state index is -4.21. The predicted octanol–water partition coefficient (Wildman–Crippen LogP) is 0.723. The van der Waals surface area contributed by atoms with E-state index in [4.69, 9.17) is 10.8 Å². The molecule has 0 amide bonds. The molecule has 90 valence electrons. The molecule has 1 rings (SSSR count). The van der Waals surface area contributed by atoms with Gasteiger partial charge in [0, 0.05) is 18.6 Å². The molecule has 3 nitrogen and oxygen atoms in total. The van der Waals surface area contributed by atoms with Gasteiger partial charge in [0.05, 0.1) is 13.2 Å². The molecule has 0 aromatic heterocycles. The highest BCUT2D eigenvalue weighted by atomic mass is 19.4. The zero-order valence-corrected chi connectivity index (χ0v) is 8.50. The highest BCUT2D eigenvalue weighted by Gasteiger charge is 2.35. The summed E-state index contributed by atoms with van der Waals surface area (Å²) < 4.78 is 36.7. The van der Waals surface area contributed by atoms with Gasteiger partial charge in [0.15, 0.2) is 0 Å². The van der Waals surface area contributed by atoms with E-state index in [1.807, 2.05) is 0 Å². The highest BCUT2D eigenvalue weighted by molar-refractivity contribution is 4.85. The third-order valence-corrected chi connectivity index (χ3v) is 2.73. The molecule has 3 N–H and O–H groups in total. The lowest BCUT2D eigenvalue weighted by Crippen LogP contribution is -2.42. The van der Waals surface area contributed by atoms with Crippen molar-refractivity contribution in [1.29, 1.82) is 0 Å². The molecule has 2 unspecified atom stereocenters. The minimum absolute atomic E-state index is 0.00410. The van der Waals surface area contributed by atoms with Crippen molar-refractivity contribution in [3.63, 3.8) is 0 Å². The van der Waals surface area contributed by atoms with Gasteiger partial charge < -0.3 is 10.8 Å². The van der Waals surface area contributed by atoms with Crippen LogP contribution in [0.2, 0.25) is 0 Å².